The number of rotatable bonds is 6. The number of fused-ring (bicyclic) bond motifs is 3. The lowest BCUT2D eigenvalue weighted by Crippen LogP contribution is -2.24. The van der Waals surface area contributed by atoms with Crippen LogP contribution in [0.25, 0.3) is 10.2 Å². The molecule has 0 bridgehead atoms. The lowest BCUT2D eigenvalue weighted by atomic mass is 9.97. The first-order valence-corrected chi connectivity index (χ1v) is 10.5. The largest absolute Gasteiger partial charge is 0.493 e. The van der Waals surface area contributed by atoms with Crippen LogP contribution in [-0.4, -0.2) is 29.7 Å². The summed E-state index contributed by atoms with van der Waals surface area (Å²) in [5.74, 6) is -0.507. The molecule has 2 aromatic heterocycles. The summed E-state index contributed by atoms with van der Waals surface area (Å²) in [6.45, 7) is 0.160. The van der Waals surface area contributed by atoms with E-state index in [1.54, 1.807) is 11.3 Å². The van der Waals surface area contributed by atoms with Crippen LogP contribution in [0.5, 0.6) is 11.5 Å². The summed E-state index contributed by atoms with van der Waals surface area (Å²) in [6.07, 6.45) is 5.60. The molecular formula is C21H22FN3O4S. The van der Waals surface area contributed by atoms with Gasteiger partial charge in [0.25, 0.3) is 5.56 Å². The maximum Gasteiger partial charge on any atom is 0.262 e. The molecule has 7 nitrogen and oxygen atoms in total. The molecule has 158 valence electrons. The Morgan fingerprint density at radius 2 is 1.97 bits per heavy atom. The van der Waals surface area contributed by atoms with Gasteiger partial charge in [0.15, 0.2) is 17.3 Å². The van der Waals surface area contributed by atoms with Gasteiger partial charge in [-0.2, -0.15) is 0 Å². The van der Waals surface area contributed by atoms with Crippen LogP contribution in [0.15, 0.2) is 23.3 Å². The standard InChI is InChI=1S/C21H22FN3O4S/c1-28-15-9-13(22)14(10-16(15)29-2)24-18(26)7-8-25-11-23-20-19(21(25)27)12-5-3-4-6-17(12)30-20/h9-11H,3-8H2,1-2H3,(H,24,26). The number of aromatic nitrogens is 2. The van der Waals surface area contributed by atoms with Gasteiger partial charge in [-0.05, 0) is 31.2 Å². The first-order valence-electron chi connectivity index (χ1n) is 9.73. The maximum absolute atomic E-state index is 14.2. The van der Waals surface area contributed by atoms with Gasteiger partial charge in [0.1, 0.15) is 4.83 Å². The average molecular weight is 431 g/mol. The van der Waals surface area contributed by atoms with Crippen LogP contribution in [-0.2, 0) is 24.2 Å². The third kappa shape index (κ3) is 3.77. The Morgan fingerprint density at radius 1 is 1.23 bits per heavy atom. The molecule has 0 radical (unpaired) electrons. The Balaban J connectivity index is 1.50. The fourth-order valence-corrected chi connectivity index (χ4v) is 4.94. The molecule has 4 rings (SSSR count). The molecule has 1 aliphatic carbocycles. The molecule has 0 fully saturated rings. The minimum absolute atomic E-state index is 0.00715. The van der Waals surface area contributed by atoms with Crippen LogP contribution in [0.1, 0.15) is 29.7 Å². The molecule has 9 heteroatoms. The van der Waals surface area contributed by atoms with Crippen LogP contribution >= 0.6 is 11.3 Å². The van der Waals surface area contributed by atoms with Crippen molar-refractivity contribution in [2.24, 2.45) is 0 Å². The number of ether oxygens (including phenoxy) is 2. The molecule has 0 saturated heterocycles. The number of carbonyl (C=O) groups excluding carboxylic acids is 1. The van der Waals surface area contributed by atoms with E-state index in [2.05, 4.69) is 10.3 Å². The highest BCUT2D eigenvalue weighted by atomic mass is 32.1. The van der Waals surface area contributed by atoms with E-state index in [9.17, 15) is 14.0 Å². The highest BCUT2D eigenvalue weighted by Crippen LogP contribution is 2.34. The molecule has 1 N–H and O–H groups in total. The molecule has 1 amide bonds. The average Bonchev–Trinajstić information content (AvgIpc) is 3.13. The number of amides is 1. The van der Waals surface area contributed by atoms with Crippen molar-refractivity contribution in [2.45, 2.75) is 38.6 Å². The molecular weight excluding hydrogens is 409 g/mol. The Hall–Kier alpha value is -2.94. The van der Waals surface area contributed by atoms with E-state index in [-0.39, 0.29) is 30.0 Å². The van der Waals surface area contributed by atoms with Crippen LogP contribution in [0.2, 0.25) is 0 Å². The van der Waals surface area contributed by atoms with Gasteiger partial charge in [0, 0.05) is 30.0 Å². The van der Waals surface area contributed by atoms with Gasteiger partial charge < -0.3 is 14.8 Å². The predicted molar refractivity (Wildman–Crippen MR) is 113 cm³/mol. The van der Waals surface area contributed by atoms with Crippen molar-refractivity contribution in [2.75, 3.05) is 19.5 Å². The minimum atomic E-state index is -0.633. The fraction of sp³-hybridized carbons (Fsp3) is 0.381. The molecule has 2 heterocycles. The van der Waals surface area contributed by atoms with Crippen molar-refractivity contribution in [1.29, 1.82) is 0 Å². The number of halogens is 1. The SMILES string of the molecule is COc1cc(F)c(NC(=O)CCn2cnc3sc4c(c3c2=O)CCCC4)cc1OC. The summed E-state index contributed by atoms with van der Waals surface area (Å²) in [5.41, 5.74) is 0.986. The van der Waals surface area contributed by atoms with Crippen LogP contribution in [0.3, 0.4) is 0 Å². The van der Waals surface area contributed by atoms with Gasteiger partial charge in [0.05, 0.1) is 31.6 Å². The molecule has 30 heavy (non-hydrogen) atoms. The Kier molecular flexibility index (Phi) is 5.72. The van der Waals surface area contributed by atoms with E-state index in [1.807, 2.05) is 0 Å². The van der Waals surface area contributed by atoms with Crippen molar-refractivity contribution in [3.05, 3.63) is 45.1 Å². The van der Waals surface area contributed by atoms with Gasteiger partial charge in [0.2, 0.25) is 5.91 Å². The molecule has 1 aliphatic rings. The number of aryl methyl sites for hydroxylation is 3. The van der Waals surface area contributed by atoms with E-state index in [0.717, 1.165) is 42.1 Å². The molecule has 0 atom stereocenters. The normalized spacial score (nSPS) is 13.2. The van der Waals surface area contributed by atoms with E-state index in [0.29, 0.717) is 11.1 Å². The topological polar surface area (TPSA) is 82.5 Å². The monoisotopic (exact) mass is 431 g/mol. The van der Waals surface area contributed by atoms with E-state index < -0.39 is 11.7 Å². The molecule has 0 spiro atoms. The first kappa shape index (κ1) is 20.3. The highest BCUT2D eigenvalue weighted by Gasteiger charge is 2.20. The lowest BCUT2D eigenvalue weighted by Gasteiger charge is -2.12. The van der Waals surface area contributed by atoms with Gasteiger partial charge >= 0.3 is 0 Å². The van der Waals surface area contributed by atoms with Gasteiger partial charge in [-0.15, -0.1) is 11.3 Å². The lowest BCUT2D eigenvalue weighted by molar-refractivity contribution is -0.116. The predicted octanol–water partition coefficient (Wildman–Crippen LogP) is 3.52. The second-order valence-electron chi connectivity index (χ2n) is 7.12. The Labute approximate surface area is 176 Å². The number of thiophene rings is 1. The van der Waals surface area contributed by atoms with Crippen LogP contribution < -0.4 is 20.3 Å². The van der Waals surface area contributed by atoms with Crippen molar-refractivity contribution in [1.82, 2.24) is 9.55 Å². The zero-order valence-electron chi connectivity index (χ0n) is 16.8. The summed E-state index contributed by atoms with van der Waals surface area (Å²) in [6, 6.07) is 2.51. The molecule has 0 aliphatic heterocycles. The summed E-state index contributed by atoms with van der Waals surface area (Å²) in [7, 11) is 2.84. The van der Waals surface area contributed by atoms with Crippen molar-refractivity contribution < 1.29 is 18.7 Å². The van der Waals surface area contributed by atoms with Gasteiger partial charge in [-0.3, -0.25) is 14.2 Å². The van der Waals surface area contributed by atoms with Crippen molar-refractivity contribution in [3.8, 4) is 11.5 Å². The second kappa shape index (κ2) is 8.43. The summed E-state index contributed by atoms with van der Waals surface area (Å²) in [5, 5.41) is 3.21. The zero-order chi connectivity index (χ0) is 21.3. The summed E-state index contributed by atoms with van der Waals surface area (Å²) in [4.78, 5) is 31.8. The smallest absolute Gasteiger partial charge is 0.262 e. The van der Waals surface area contributed by atoms with Gasteiger partial charge in [-0.25, -0.2) is 9.37 Å². The van der Waals surface area contributed by atoms with Crippen molar-refractivity contribution in [3.63, 3.8) is 0 Å². The zero-order valence-corrected chi connectivity index (χ0v) is 17.6. The summed E-state index contributed by atoms with van der Waals surface area (Å²) < 4.78 is 25.9. The number of nitrogens with one attached hydrogen (secondary N) is 1. The number of hydrogen-bond acceptors (Lipinski definition) is 6. The highest BCUT2D eigenvalue weighted by molar-refractivity contribution is 7.18. The Morgan fingerprint density at radius 3 is 2.73 bits per heavy atom. The third-order valence-corrected chi connectivity index (χ3v) is 6.47. The number of anilines is 1. The van der Waals surface area contributed by atoms with Crippen LogP contribution in [0.4, 0.5) is 10.1 Å². The Bertz CT molecular complexity index is 1170. The number of hydrogen-bond donors (Lipinski definition) is 1. The van der Waals surface area contributed by atoms with Crippen LogP contribution in [0, 0.1) is 5.82 Å². The number of benzene rings is 1. The number of carbonyl (C=O) groups is 1. The number of nitrogens with zero attached hydrogens (tertiary/aromatic N) is 2. The quantitative estimate of drug-likeness (QED) is 0.646. The van der Waals surface area contributed by atoms with E-state index in [4.69, 9.17) is 9.47 Å². The van der Waals surface area contributed by atoms with Crippen molar-refractivity contribution >= 4 is 33.1 Å². The third-order valence-electron chi connectivity index (χ3n) is 5.27. The first-order chi connectivity index (χ1) is 14.5. The van der Waals surface area contributed by atoms with E-state index >= 15 is 0 Å². The minimum Gasteiger partial charge on any atom is -0.493 e. The maximum atomic E-state index is 14.2. The fourth-order valence-electron chi connectivity index (χ4n) is 3.73. The summed E-state index contributed by atoms with van der Waals surface area (Å²) >= 11 is 1.59. The van der Waals surface area contributed by atoms with Gasteiger partial charge in [-0.1, -0.05) is 0 Å². The molecule has 0 saturated carbocycles. The molecule has 1 aromatic carbocycles. The number of methoxy groups -OCH3 is 2. The molecule has 0 unspecified atom stereocenters. The molecule has 3 aromatic rings. The second-order valence-corrected chi connectivity index (χ2v) is 8.20. The van der Waals surface area contributed by atoms with E-state index in [1.165, 1.54) is 36.1 Å².